The van der Waals surface area contributed by atoms with Gasteiger partial charge < -0.3 is 15.3 Å². The van der Waals surface area contributed by atoms with Crippen LogP contribution in [-0.2, 0) is 4.79 Å². The van der Waals surface area contributed by atoms with Crippen molar-refractivity contribution in [1.82, 2.24) is 0 Å². The van der Waals surface area contributed by atoms with Gasteiger partial charge in [0.1, 0.15) is 17.2 Å². The molecule has 3 N–H and O–H groups in total. The molecule has 7 heteroatoms. The Morgan fingerprint density at radius 3 is 1.86 bits per heavy atom. The van der Waals surface area contributed by atoms with Gasteiger partial charge in [-0.05, 0) is 84.1 Å². The molecular formula is C22H16N2O4S. The Hall–Kier alpha value is -3.71. The van der Waals surface area contributed by atoms with Gasteiger partial charge in [0.25, 0.3) is 5.91 Å². The van der Waals surface area contributed by atoms with Crippen molar-refractivity contribution in [2.75, 3.05) is 4.90 Å². The van der Waals surface area contributed by atoms with Gasteiger partial charge in [-0.1, -0.05) is 12.1 Å². The van der Waals surface area contributed by atoms with E-state index < -0.39 is 0 Å². The highest BCUT2D eigenvalue weighted by Gasteiger charge is 2.34. The third-order valence-corrected chi connectivity index (χ3v) is 5.15. The van der Waals surface area contributed by atoms with Gasteiger partial charge in [-0.2, -0.15) is 0 Å². The van der Waals surface area contributed by atoms with Crippen LogP contribution in [0.5, 0.6) is 17.2 Å². The summed E-state index contributed by atoms with van der Waals surface area (Å²) >= 11 is 1.22. The Bertz CT molecular complexity index is 1110. The molecule has 0 aliphatic carbocycles. The lowest BCUT2D eigenvalue weighted by atomic mass is 10.2. The fourth-order valence-electron chi connectivity index (χ4n) is 2.74. The number of nitrogens with zero attached hydrogens (tertiary/aromatic N) is 2. The maximum absolute atomic E-state index is 13.1. The number of aliphatic imine (C=N–C) groups is 1. The van der Waals surface area contributed by atoms with Crippen LogP contribution < -0.4 is 4.90 Å². The van der Waals surface area contributed by atoms with Crippen molar-refractivity contribution in [3.63, 3.8) is 0 Å². The van der Waals surface area contributed by atoms with E-state index in [1.807, 2.05) is 0 Å². The number of thioether (sulfide) groups is 1. The largest absolute Gasteiger partial charge is 0.508 e. The summed E-state index contributed by atoms with van der Waals surface area (Å²) in [5.41, 5.74) is 1.94. The molecule has 3 aromatic carbocycles. The lowest BCUT2D eigenvalue weighted by Crippen LogP contribution is -2.28. The Morgan fingerprint density at radius 1 is 0.759 bits per heavy atom. The molecular weight excluding hydrogens is 388 g/mol. The van der Waals surface area contributed by atoms with Crippen LogP contribution in [0.1, 0.15) is 5.56 Å². The zero-order valence-electron chi connectivity index (χ0n) is 15.1. The minimum absolute atomic E-state index is 0.102. The number of phenolic OH excluding ortho intramolecular Hbond substituents is 3. The van der Waals surface area contributed by atoms with E-state index in [4.69, 9.17) is 0 Å². The van der Waals surface area contributed by atoms with E-state index in [2.05, 4.69) is 4.99 Å². The van der Waals surface area contributed by atoms with Gasteiger partial charge in [-0.15, -0.1) is 0 Å². The second-order valence-electron chi connectivity index (χ2n) is 6.27. The Labute approximate surface area is 171 Å². The lowest BCUT2D eigenvalue weighted by molar-refractivity contribution is -0.113. The molecule has 0 unspecified atom stereocenters. The predicted molar refractivity (Wildman–Crippen MR) is 114 cm³/mol. The smallest absolute Gasteiger partial charge is 0.271 e. The first-order chi connectivity index (χ1) is 14.0. The molecule has 1 saturated heterocycles. The monoisotopic (exact) mass is 404 g/mol. The van der Waals surface area contributed by atoms with E-state index in [0.29, 0.717) is 21.4 Å². The fourth-order valence-corrected chi connectivity index (χ4v) is 3.74. The van der Waals surface area contributed by atoms with Crippen LogP contribution in [-0.4, -0.2) is 26.4 Å². The first-order valence-electron chi connectivity index (χ1n) is 8.69. The number of anilines is 1. The van der Waals surface area contributed by atoms with Crippen LogP contribution >= 0.6 is 11.8 Å². The normalized spacial score (nSPS) is 16.7. The van der Waals surface area contributed by atoms with Crippen molar-refractivity contribution < 1.29 is 20.1 Å². The summed E-state index contributed by atoms with van der Waals surface area (Å²) in [4.78, 5) is 19.6. The fraction of sp³-hybridized carbons (Fsp3) is 0. The number of hydrogen-bond acceptors (Lipinski definition) is 6. The van der Waals surface area contributed by atoms with Gasteiger partial charge >= 0.3 is 0 Å². The Morgan fingerprint density at radius 2 is 1.28 bits per heavy atom. The number of carbonyl (C=O) groups excluding carboxylic acids is 1. The van der Waals surface area contributed by atoms with Crippen molar-refractivity contribution in [3.05, 3.63) is 83.3 Å². The summed E-state index contributed by atoms with van der Waals surface area (Å²) in [7, 11) is 0. The minimum atomic E-state index is -0.244. The molecule has 4 rings (SSSR count). The van der Waals surface area contributed by atoms with Crippen LogP contribution in [0, 0.1) is 0 Å². The number of phenols is 3. The molecule has 0 aromatic heterocycles. The van der Waals surface area contributed by atoms with Crippen LogP contribution in [0.4, 0.5) is 11.4 Å². The van der Waals surface area contributed by atoms with E-state index in [9.17, 15) is 20.1 Å². The summed E-state index contributed by atoms with van der Waals surface area (Å²) in [5, 5.41) is 28.9. The standard InChI is InChI=1S/C22H16N2O4S/c25-17-7-1-14(2-8-17)13-20-21(28)24(16-5-11-19(27)12-6-16)22(29-20)23-15-3-9-18(26)10-4-15/h1-13,25-27H. The van der Waals surface area contributed by atoms with E-state index >= 15 is 0 Å². The van der Waals surface area contributed by atoms with Gasteiger partial charge in [0.05, 0.1) is 16.3 Å². The zero-order chi connectivity index (χ0) is 20.4. The lowest BCUT2D eigenvalue weighted by Gasteiger charge is -2.15. The highest BCUT2D eigenvalue weighted by atomic mass is 32.2. The maximum Gasteiger partial charge on any atom is 0.271 e. The maximum atomic E-state index is 13.1. The highest BCUT2D eigenvalue weighted by Crippen LogP contribution is 2.38. The summed E-state index contributed by atoms with van der Waals surface area (Å²) in [6.07, 6.45) is 1.74. The molecule has 0 atom stereocenters. The molecule has 1 fully saturated rings. The number of carbonyl (C=O) groups is 1. The van der Waals surface area contributed by atoms with Crippen molar-refractivity contribution in [3.8, 4) is 17.2 Å². The summed E-state index contributed by atoms with van der Waals surface area (Å²) < 4.78 is 0. The van der Waals surface area contributed by atoms with Gasteiger partial charge in [-0.25, -0.2) is 4.99 Å². The van der Waals surface area contributed by atoms with Crippen molar-refractivity contribution >= 4 is 40.3 Å². The number of aromatic hydroxyl groups is 3. The molecule has 6 nitrogen and oxygen atoms in total. The summed E-state index contributed by atoms with van der Waals surface area (Å²) in [6, 6.07) is 19.2. The van der Waals surface area contributed by atoms with Gasteiger partial charge in [0.2, 0.25) is 0 Å². The van der Waals surface area contributed by atoms with Gasteiger partial charge in [0.15, 0.2) is 5.17 Å². The number of amidine groups is 1. The molecule has 1 heterocycles. The number of rotatable bonds is 3. The molecule has 144 valence electrons. The third kappa shape index (κ3) is 4.09. The summed E-state index contributed by atoms with van der Waals surface area (Å²) in [5.74, 6) is 0.140. The van der Waals surface area contributed by atoms with Crippen LogP contribution in [0.15, 0.2) is 82.7 Å². The molecule has 3 aromatic rings. The highest BCUT2D eigenvalue weighted by molar-refractivity contribution is 8.19. The average Bonchev–Trinajstić information content (AvgIpc) is 3.01. The predicted octanol–water partition coefficient (Wildman–Crippen LogP) is 4.61. The number of hydrogen-bond donors (Lipinski definition) is 3. The van der Waals surface area contributed by atoms with E-state index in [1.165, 1.54) is 40.9 Å². The second kappa shape index (κ2) is 7.73. The first-order valence-corrected chi connectivity index (χ1v) is 9.51. The Balaban J connectivity index is 1.76. The minimum Gasteiger partial charge on any atom is -0.508 e. The third-order valence-electron chi connectivity index (χ3n) is 4.18. The van der Waals surface area contributed by atoms with E-state index in [1.54, 1.807) is 54.6 Å². The molecule has 0 saturated carbocycles. The van der Waals surface area contributed by atoms with Gasteiger partial charge in [-0.3, -0.25) is 9.69 Å². The molecule has 1 amide bonds. The van der Waals surface area contributed by atoms with Crippen LogP contribution in [0.3, 0.4) is 0 Å². The first kappa shape index (κ1) is 18.6. The van der Waals surface area contributed by atoms with Crippen LogP contribution in [0.2, 0.25) is 0 Å². The number of benzene rings is 3. The topological polar surface area (TPSA) is 93.4 Å². The summed E-state index contributed by atoms with van der Waals surface area (Å²) in [6.45, 7) is 0. The second-order valence-corrected chi connectivity index (χ2v) is 7.28. The Kier molecular flexibility index (Phi) is 4.97. The quantitative estimate of drug-likeness (QED) is 0.554. The molecule has 0 spiro atoms. The molecule has 0 radical (unpaired) electrons. The molecule has 1 aliphatic rings. The number of amides is 1. The van der Waals surface area contributed by atoms with E-state index in [0.717, 1.165) is 5.56 Å². The van der Waals surface area contributed by atoms with Crippen molar-refractivity contribution in [2.24, 2.45) is 4.99 Å². The SMILES string of the molecule is O=C1C(=Cc2ccc(O)cc2)SC(=Nc2ccc(O)cc2)N1c1ccc(O)cc1. The van der Waals surface area contributed by atoms with Crippen LogP contribution in [0.25, 0.3) is 6.08 Å². The molecule has 0 bridgehead atoms. The van der Waals surface area contributed by atoms with Crippen molar-refractivity contribution in [2.45, 2.75) is 0 Å². The molecule has 1 aliphatic heterocycles. The van der Waals surface area contributed by atoms with Crippen molar-refractivity contribution in [1.29, 1.82) is 0 Å². The van der Waals surface area contributed by atoms with E-state index in [-0.39, 0.29) is 23.2 Å². The molecule has 29 heavy (non-hydrogen) atoms. The zero-order valence-corrected chi connectivity index (χ0v) is 15.9. The van der Waals surface area contributed by atoms with Gasteiger partial charge in [0, 0.05) is 0 Å². The average molecular weight is 404 g/mol.